The van der Waals surface area contributed by atoms with E-state index in [1.54, 1.807) is 17.0 Å². The number of carboxylic acids is 1. The number of likely N-dealkylation sites (tertiary alicyclic amines) is 1. The highest BCUT2D eigenvalue weighted by Gasteiger charge is 2.55. The smallest absolute Gasteiger partial charge is 0.310 e. The number of benzene rings is 1. The van der Waals surface area contributed by atoms with Crippen molar-refractivity contribution in [3.8, 4) is 0 Å². The monoisotopic (exact) mass is 260 g/mol. The van der Waals surface area contributed by atoms with Crippen molar-refractivity contribution in [1.29, 1.82) is 0 Å². The summed E-state index contributed by atoms with van der Waals surface area (Å²) in [6.45, 7) is 0.676. The number of hydrogen-bond acceptors (Lipinski definition) is 3. The molecule has 0 atom stereocenters. The van der Waals surface area contributed by atoms with Crippen LogP contribution in [0.5, 0.6) is 0 Å². The molecule has 2 aliphatic rings. The Morgan fingerprint density at radius 3 is 2.26 bits per heavy atom. The minimum Gasteiger partial charge on any atom is -0.481 e. The van der Waals surface area contributed by atoms with Crippen LogP contribution >= 0.6 is 0 Å². The predicted molar refractivity (Wildman–Crippen MR) is 69.5 cm³/mol. The summed E-state index contributed by atoms with van der Waals surface area (Å²) in [5.41, 5.74) is 6.91. The van der Waals surface area contributed by atoms with Crippen molar-refractivity contribution in [2.75, 3.05) is 18.8 Å². The summed E-state index contributed by atoms with van der Waals surface area (Å²) >= 11 is 0. The summed E-state index contributed by atoms with van der Waals surface area (Å²) in [5, 5.41) is 8.85. The van der Waals surface area contributed by atoms with Crippen LogP contribution in [-0.2, 0) is 15.0 Å². The standard InChI is InChI=1S/C14H16N2O3/c15-11-3-1-10(2-4-11)14(5-6-14)13(19)16-7-9(8-16)12(17)18/h1-4,9H,5-8,15H2,(H,17,18). The van der Waals surface area contributed by atoms with E-state index in [4.69, 9.17) is 10.8 Å². The fourth-order valence-electron chi connectivity index (χ4n) is 2.66. The van der Waals surface area contributed by atoms with Gasteiger partial charge in [0, 0.05) is 18.8 Å². The summed E-state index contributed by atoms with van der Waals surface area (Å²) in [4.78, 5) is 24.9. The van der Waals surface area contributed by atoms with Gasteiger partial charge in [0.2, 0.25) is 5.91 Å². The molecule has 5 nitrogen and oxygen atoms in total. The lowest BCUT2D eigenvalue weighted by atomic mass is 9.90. The van der Waals surface area contributed by atoms with Gasteiger partial charge in [0.1, 0.15) is 0 Å². The second-order valence-corrected chi connectivity index (χ2v) is 5.45. The highest BCUT2D eigenvalue weighted by molar-refractivity contribution is 5.93. The molecule has 1 aliphatic heterocycles. The van der Waals surface area contributed by atoms with Crippen LogP contribution in [0.3, 0.4) is 0 Å². The number of nitrogens with zero attached hydrogens (tertiary/aromatic N) is 1. The molecule has 2 fully saturated rings. The number of carboxylic acid groups (broad SMARTS) is 1. The van der Waals surface area contributed by atoms with E-state index in [-0.39, 0.29) is 5.91 Å². The SMILES string of the molecule is Nc1ccc(C2(C(=O)N3CC(C(=O)O)C3)CC2)cc1. The highest BCUT2D eigenvalue weighted by Crippen LogP contribution is 2.50. The molecule has 1 amide bonds. The van der Waals surface area contributed by atoms with Gasteiger partial charge in [-0.2, -0.15) is 0 Å². The first-order valence-electron chi connectivity index (χ1n) is 6.41. The molecule has 1 saturated heterocycles. The van der Waals surface area contributed by atoms with Gasteiger partial charge >= 0.3 is 5.97 Å². The van der Waals surface area contributed by atoms with Crippen molar-refractivity contribution in [2.24, 2.45) is 5.92 Å². The van der Waals surface area contributed by atoms with Crippen molar-refractivity contribution in [3.05, 3.63) is 29.8 Å². The lowest BCUT2D eigenvalue weighted by Gasteiger charge is -2.39. The summed E-state index contributed by atoms with van der Waals surface area (Å²) < 4.78 is 0. The van der Waals surface area contributed by atoms with Crippen LogP contribution in [-0.4, -0.2) is 35.0 Å². The molecule has 1 aromatic carbocycles. The Kier molecular flexibility index (Phi) is 2.52. The highest BCUT2D eigenvalue weighted by atomic mass is 16.4. The number of carbonyl (C=O) groups is 2. The number of hydrogen-bond donors (Lipinski definition) is 2. The minimum absolute atomic E-state index is 0.0646. The van der Waals surface area contributed by atoms with Crippen molar-refractivity contribution < 1.29 is 14.7 Å². The second-order valence-electron chi connectivity index (χ2n) is 5.45. The van der Waals surface area contributed by atoms with Crippen LogP contribution in [0.4, 0.5) is 5.69 Å². The molecular formula is C14H16N2O3. The average molecular weight is 260 g/mol. The number of amides is 1. The van der Waals surface area contributed by atoms with Gasteiger partial charge in [-0.1, -0.05) is 12.1 Å². The third-order valence-corrected chi connectivity index (χ3v) is 4.14. The first-order chi connectivity index (χ1) is 9.03. The molecule has 3 N–H and O–H groups in total. The second kappa shape index (κ2) is 3.98. The van der Waals surface area contributed by atoms with E-state index in [9.17, 15) is 9.59 Å². The van der Waals surface area contributed by atoms with Gasteiger partial charge in [-0.15, -0.1) is 0 Å². The molecule has 100 valence electrons. The van der Waals surface area contributed by atoms with Crippen LogP contribution in [0.1, 0.15) is 18.4 Å². The number of nitrogen functional groups attached to an aromatic ring is 1. The summed E-state index contributed by atoms with van der Waals surface area (Å²) in [6, 6.07) is 7.40. The van der Waals surface area contributed by atoms with Crippen LogP contribution in [0, 0.1) is 5.92 Å². The third kappa shape index (κ3) is 1.85. The van der Waals surface area contributed by atoms with Gasteiger partial charge in [-0.25, -0.2) is 0 Å². The van der Waals surface area contributed by atoms with E-state index in [2.05, 4.69) is 0 Å². The van der Waals surface area contributed by atoms with Gasteiger partial charge in [-0.05, 0) is 30.5 Å². The maximum Gasteiger partial charge on any atom is 0.310 e. The van der Waals surface area contributed by atoms with Crippen LogP contribution in [0.2, 0.25) is 0 Å². The molecule has 19 heavy (non-hydrogen) atoms. The maximum absolute atomic E-state index is 12.5. The summed E-state index contributed by atoms with van der Waals surface area (Å²) in [5.74, 6) is -1.15. The van der Waals surface area contributed by atoms with Gasteiger partial charge < -0.3 is 15.7 Å². The van der Waals surface area contributed by atoms with E-state index in [0.717, 1.165) is 18.4 Å². The molecule has 0 aromatic heterocycles. The lowest BCUT2D eigenvalue weighted by Crippen LogP contribution is -2.55. The quantitative estimate of drug-likeness (QED) is 0.789. The third-order valence-electron chi connectivity index (χ3n) is 4.14. The molecule has 5 heteroatoms. The van der Waals surface area contributed by atoms with E-state index in [1.807, 2.05) is 12.1 Å². The molecule has 0 bridgehead atoms. The van der Waals surface area contributed by atoms with E-state index < -0.39 is 17.3 Å². The molecule has 3 rings (SSSR count). The zero-order chi connectivity index (χ0) is 13.6. The van der Waals surface area contributed by atoms with Crippen LogP contribution in [0.15, 0.2) is 24.3 Å². The van der Waals surface area contributed by atoms with Gasteiger partial charge in [0.25, 0.3) is 0 Å². The number of carbonyl (C=O) groups excluding carboxylic acids is 1. The van der Waals surface area contributed by atoms with E-state index in [1.165, 1.54) is 0 Å². The molecule has 1 heterocycles. The Labute approximate surface area is 111 Å². The van der Waals surface area contributed by atoms with Crippen LogP contribution in [0.25, 0.3) is 0 Å². The Morgan fingerprint density at radius 2 is 1.79 bits per heavy atom. The summed E-state index contributed by atoms with van der Waals surface area (Å²) in [6.07, 6.45) is 1.67. The number of aliphatic carboxylic acids is 1. The number of nitrogens with two attached hydrogens (primary N) is 1. The largest absolute Gasteiger partial charge is 0.481 e. The molecule has 0 spiro atoms. The Morgan fingerprint density at radius 1 is 1.21 bits per heavy atom. The molecule has 1 aliphatic carbocycles. The zero-order valence-corrected chi connectivity index (χ0v) is 10.5. The topological polar surface area (TPSA) is 83.6 Å². The molecule has 0 unspecified atom stereocenters. The Hall–Kier alpha value is -2.04. The van der Waals surface area contributed by atoms with Crippen molar-refractivity contribution in [2.45, 2.75) is 18.3 Å². The first-order valence-corrected chi connectivity index (χ1v) is 6.41. The normalized spacial score (nSPS) is 20.7. The number of rotatable bonds is 3. The molecule has 1 saturated carbocycles. The summed E-state index contributed by atoms with van der Waals surface area (Å²) in [7, 11) is 0. The van der Waals surface area contributed by atoms with Gasteiger partial charge in [0.15, 0.2) is 0 Å². The van der Waals surface area contributed by atoms with Crippen molar-refractivity contribution >= 4 is 17.6 Å². The minimum atomic E-state index is -0.818. The van der Waals surface area contributed by atoms with E-state index >= 15 is 0 Å². The maximum atomic E-state index is 12.5. The van der Waals surface area contributed by atoms with Gasteiger partial charge in [-0.3, -0.25) is 9.59 Å². The zero-order valence-electron chi connectivity index (χ0n) is 10.5. The Bertz CT molecular complexity index is 528. The molecule has 0 radical (unpaired) electrons. The average Bonchev–Trinajstić information content (AvgIpc) is 3.08. The van der Waals surface area contributed by atoms with Crippen molar-refractivity contribution in [3.63, 3.8) is 0 Å². The number of anilines is 1. The predicted octanol–water partition coefficient (Wildman–Crippen LogP) is 0.843. The van der Waals surface area contributed by atoms with E-state index in [0.29, 0.717) is 18.8 Å². The van der Waals surface area contributed by atoms with Crippen molar-refractivity contribution in [1.82, 2.24) is 4.90 Å². The van der Waals surface area contributed by atoms with Gasteiger partial charge in [0.05, 0.1) is 11.3 Å². The molecular weight excluding hydrogens is 244 g/mol. The lowest BCUT2D eigenvalue weighted by molar-refractivity contribution is -0.153. The fraction of sp³-hybridized carbons (Fsp3) is 0.429. The molecule has 1 aromatic rings. The fourth-order valence-corrected chi connectivity index (χ4v) is 2.66. The Balaban J connectivity index is 1.74. The van der Waals surface area contributed by atoms with Crippen LogP contribution < -0.4 is 5.73 Å². The first kappa shape index (κ1) is 12.0.